The van der Waals surface area contributed by atoms with Gasteiger partial charge in [-0.15, -0.1) is 0 Å². The van der Waals surface area contributed by atoms with Crippen LogP contribution in [-0.2, 0) is 9.59 Å². The number of likely N-dealkylation sites (tertiary alicyclic amines) is 1. The largest absolute Gasteiger partial charge is 0.481 e. The Kier molecular flexibility index (Phi) is 4.61. The second-order valence-electron chi connectivity index (χ2n) is 6.68. The van der Waals surface area contributed by atoms with Crippen LogP contribution in [0.1, 0.15) is 47.0 Å². The summed E-state index contributed by atoms with van der Waals surface area (Å²) in [5, 5.41) is 8.78. The summed E-state index contributed by atoms with van der Waals surface area (Å²) < 4.78 is 0. The second-order valence-corrected chi connectivity index (χ2v) is 6.68. The molecule has 1 amide bonds. The Hall–Kier alpha value is -1.10. The Bertz CT molecular complexity index is 350. The number of carbonyl (C=O) groups excluding carboxylic acids is 1. The van der Waals surface area contributed by atoms with Gasteiger partial charge in [0.05, 0.1) is 5.41 Å². The van der Waals surface area contributed by atoms with Crippen molar-refractivity contribution in [2.24, 2.45) is 17.1 Å². The van der Waals surface area contributed by atoms with Gasteiger partial charge in [0, 0.05) is 25.0 Å². The molecule has 1 saturated heterocycles. The molecule has 110 valence electrons. The van der Waals surface area contributed by atoms with Gasteiger partial charge in [-0.25, -0.2) is 0 Å². The first-order valence-electron chi connectivity index (χ1n) is 6.85. The molecular formula is C14H26N2O3. The Balaban J connectivity index is 2.61. The Morgan fingerprint density at radius 3 is 2.05 bits per heavy atom. The molecule has 5 nitrogen and oxygen atoms in total. The summed E-state index contributed by atoms with van der Waals surface area (Å²) >= 11 is 0. The van der Waals surface area contributed by atoms with Crippen LogP contribution in [0.4, 0.5) is 0 Å². The number of nitrogens with zero attached hydrogens (tertiary/aromatic N) is 1. The van der Waals surface area contributed by atoms with E-state index in [9.17, 15) is 9.59 Å². The highest BCUT2D eigenvalue weighted by atomic mass is 16.4. The van der Waals surface area contributed by atoms with Crippen molar-refractivity contribution in [2.75, 3.05) is 13.1 Å². The fourth-order valence-corrected chi connectivity index (χ4v) is 2.26. The maximum atomic E-state index is 12.5. The van der Waals surface area contributed by atoms with Crippen LogP contribution in [0.5, 0.6) is 0 Å². The molecule has 5 heteroatoms. The average molecular weight is 270 g/mol. The molecule has 0 saturated carbocycles. The second kappa shape index (κ2) is 5.49. The molecule has 1 fully saturated rings. The molecule has 0 aliphatic carbocycles. The first kappa shape index (κ1) is 16.0. The van der Waals surface area contributed by atoms with Gasteiger partial charge in [0.2, 0.25) is 5.91 Å². The lowest BCUT2D eigenvalue weighted by Crippen LogP contribution is -2.57. The highest BCUT2D eigenvalue weighted by Gasteiger charge is 2.43. The van der Waals surface area contributed by atoms with E-state index in [1.54, 1.807) is 0 Å². The zero-order chi connectivity index (χ0) is 14.8. The van der Waals surface area contributed by atoms with Crippen molar-refractivity contribution in [3.63, 3.8) is 0 Å². The maximum absolute atomic E-state index is 12.5. The molecule has 0 bridgehead atoms. The summed E-state index contributed by atoms with van der Waals surface area (Å²) in [6.07, 6.45) is 1.73. The highest BCUT2D eigenvalue weighted by molar-refractivity contribution is 5.83. The zero-order valence-electron chi connectivity index (χ0n) is 12.4. The van der Waals surface area contributed by atoms with Crippen molar-refractivity contribution in [3.05, 3.63) is 0 Å². The molecule has 1 aliphatic rings. The van der Waals surface area contributed by atoms with Gasteiger partial charge in [0.15, 0.2) is 0 Å². The third kappa shape index (κ3) is 3.69. The lowest BCUT2D eigenvalue weighted by atomic mass is 9.73. The van der Waals surface area contributed by atoms with Crippen LogP contribution >= 0.6 is 0 Å². The lowest BCUT2D eigenvalue weighted by Gasteiger charge is -2.42. The first-order chi connectivity index (χ1) is 8.55. The number of nitrogens with two attached hydrogens (primary N) is 1. The van der Waals surface area contributed by atoms with Gasteiger partial charge in [0.1, 0.15) is 0 Å². The van der Waals surface area contributed by atoms with Crippen LogP contribution in [0.2, 0.25) is 0 Å². The number of hydrogen-bond donors (Lipinski definition) is 2. The van der Waals surface area contributed by atoms with E-state index in [1.165, 1.54) is 0 Å². The normalized spacial score (nSPS) is 18.5. The van der Waals surface area contributed by atoms with E-state index in [-0.39, 0.29) is 18.2 Å². The molecule has 1 rings (SSSR count). The van der Waals surface area contributed by atoms with Crippen LogP contribution in [-0.4, -0.2) is 40.5 Å². The molecule has 0 aromatic rings. The molecule has 0 radical (unpaired) electrons. The van der Waals surface area contributed by atoms with Crippen LogP contribution in [0, 0.1) is 11.3 Å². The molecule has 1 aliphatic heterocycles. The van der Waals surface area contributed by atoms with Crippen molar-refractivity contribution in [1.29, 1.82) is 0 Å². The number of amides is 1. The minimum atomic E-state index is -0.756. The summed E-state index contributed by atoms with van der Waals surface area (Å²) in [5.74, 6) is -0.502. The van der Waals surface area contributed by atoms with Gasteiger partial charge < -0.3 is 15.7 Å². The molecule has 0 atom stereocenters. The summed E-state index contributed by atoms with van der Waals surface area (Å²) in [5.41, 5.74) is 4.89. The lowest BCUT2D eigenvalue weighted by molar-refractivity contribution is -0.145. The van der Waals surface area contributed by atoms with Crippen molar-refractivity contribution in [3.8, 4) is 0 Å². The quantitative estimate of drug-likeness (QED) is 0.810. The number of piperidine rings is 1. The van der Waals surface area contributed by atoms with E-state index in [0.717, 1.165) is 12.8 Å². The van der Waals surface area contributed by atoms with E-state index in [2.05, 4.69) is 0 Å². The fourth-order valence-electron chi connectivity index (χ4n) is 2.26. The van der Waals surface area contributed by atoms with Gasteiger partial charge in [0.25, 0.3) is 0 Å². The topological polar surface area (TPSA) is 83.6 Å². The first-order valence-corrected chi connectivity index (χ1v) is 6.85. The van der Waals surface area contributed by atoms with E-state index in [0.29, 0.717) is 13.1 Å². The zero-order valence-corrected chi connectivity index (χ0v) is 12.4. The van der Waals surface area contributed by atoms with E-state index in [4.69, 9.17) is 10.8 Å². The van der Waals surface area contributed by atoms with Crippen molar-refractivity contribution in [2.45, 2.75) is 52.5 Å². The van der Waals surface area contributed by atoms with Crippen molar-refractivity contribution >= 4 is 11.9 Å². The van der Waals surface area contributed by atoms with Gasteiger partial charge >= 0.3 is 5.97 Å². The van der Waals surface area contributed by atoms with Gasteiger partial charge in [-0.3, -0.25) is 9.59 Å². The summed E-state index contributed by atoms with van der Waals surface area (Å²) in [4.78, 5) is 25.0. The maximum Gasteiger partial charge on any atom is 0.303 e. The van der Waals surface area contributed by atoms with Gasteiger partial charge in [-0.2, -0.15) is 0 Å². The van der Waals surface area contributed by atoms with Crippen LogP contribution in [0.25, 0.3) is 0 Å². The Labute approximate surface area is 115 Å². The van der Waals surface area contributed by atoms with Crippen molar-refractivity contribution < 1.29 is 14.7 Å². The summed E-state index contributed by atoms with van der Waals surface area (Å²) in [6, 6.07) is 0. The Morgan fingerprint density at radius 1 is 1.21 bits per heavy atom. The van der Waals surface area contributed by atoms with Crippen LogP contribution < -0.4 is 5.73 Å². The molecule has 0 aromatic heterocycles. The molecule has 0 spiro atoms. The average Bonchev–Trinajstić information content (AvgIpc) is 2.26. The molecule has 0 unspecified atom stereocenters. The minimum absolute atomic E-state index is 0.0637. The standard InChI is InChI=1S/C14H26N2O3/c1-13(2,14(3,4)15)12(19)16-7-5-10(6-8-16)9-11(17)18/h10H,5-9,15H2,1-4H3,(H,17,18). The molecule has 0 aromatic carbocycles. The van der Waals surface area contributed by atoms with E-state index in [1.807, 2.05) is 32.6 Å². The van der Waals surface area contributed by atoms with Crippen LogP contribution in [0.3, 0.4) is 0 Å². The van der Waals surface area contributed by atoms with E-state index >= 15 is 0 Å². The smallest absolute Gasteiger partial charge is 0.303 e. The molecule has 3 N–H and O–H groups in total. The number of carbonyl (C=O) groups is 2. The number of carboxylic acid groups (broad SMARTS) is 1. The number of rotatable bonds is 4. The third-order valence-electron chi connectivity index (χ3n) is 4.51. The van der Waals surface area contributed by atoms with Crippen LogP contribution in [0.15, 0.2) is 0 Å². The summed E-state index contributed by atoms with van der Waals surface area (Å²) in [7, 11) is 0. The predicted octanol–water partition coefficient (Wildman–Crippen LogP) is 1.46. The monoisotopic (exact) mass is 270 g/mol. The van der Waals surface area contributed by atoms with Crippen molar-refractivity contribution in [1.82, 2.24) is 4.90 Å². The van der Waals surface area contributed by atoms with Gasteiger partial charge in [-0.1, -0.05) is 0 Å². The minimum Gasteiger partial charge on any atom is -0.481 e. The predicted molar refractivity (Wildman–Crippen MR) is 73.6 cm³/mol. The number of carboxylic acids is 1. The number of hydrogen-bond acceptors (Lipinski definition) is 3. The summed E-state index contributed by atoms with van der Waals surface area (Å²) in [6.45, 7) is 8.74. The third-order valence-corrected chi connectivity index (χ3v) is 4.51. The molecule has 19 heavy (non-hydrogen) atoms. The number of aliphatic carboxylic acids is 1. The van der Waals surface area contributed by atoms with Gasteiger partial charge in [-0.05, 0) is 46.5 Å². The van der Waals surface area contributed by atoms with E-state index < -0.39 is 16.9 Å². The molecule has 1 heterocycles. The highest BCUT2D eigenvalue weighted by Crippen LogP contribution is 2.32. The SMILES string of the molecule is CC(C)(N)C(C)(C)C(=O)N1CCC(CC(=O)O)CC1. The Morgan fingerprint density at radius 2 is 1.68 bits per heavy atom. The molecular weight excluding hydrogens is 244 g/mol. The fraction of sp³-hybridized carbons (Fsp3) is 0.857.